The summed E-state index contributed by atoms with van der Waals surface area (Å²) in [4.78, 5) is 6.62. The quantitative estimate of drug-likeness (QED) is 0.712. The molecule has 0 saturated carbocycles. The summed E-state index contributed by atoms with van der Waals surface area (Å²) in [6.45, 7) is 4.80. The minimum atomic E-state index is 0.554. The maximum atomic E-state index is 4.05. The monoisotopic (exact) mass is 190 g/mol. The maximum absolute atomic E-state index is 4.05. The average molecular weight is 190 g/mol. The molecular formula is C12H18N2. The summed E-state index contributed by atoms with van der Waals surface area (Å²) in [6.07, 6.45) is 7.88. The highest BCUT2D eigenvalue weighted by molar-refractivity contribution is 5.14. The van der Waals surface area contributed by atoms with Crippen LogP contribution in [0.15, 0.2) is 24.5 Å². The molecule has 1 aromatic rings. The molecule has 1 aliphatic heterocycles. The fourth-order valence-corrected chi connectivity index (χ4v) is 2.16. The van der Waals surface area contributed by atoms with Crippen molar-refractivity contribution in [2.24, 2.45) is 0 Å². The van der Waals surface area contributed by atoms with Crippen molar-refractivity contribution in [2.75, 3.05) is 13.1 Å². The number of likely N-dealkylation sites (tertiary alicyclic amines) is 1. The molecule has 1 atom stereocenters. The van der Waals surface area contributed by atoms with Gasteiger partial charge >= 0.3 is 0 Å². The van der Waals surface area contributed by atoms with Gasteiger partial charge in [-0.2, -0.15) is 0 Å². The van der Waals surface area contributed by atoms with Crippen molar-refractivity contribution in [3.63, 3.8) is 0 Å². The van der Waals surface area contributed by atoms with Crippen molar-refractivity contribution in [3.8, 4) is 0 Å². The third kappa shape index (κ3) is 2.13. The Labute approximate surface area is 86.0 Å². The molecule has 2 heterocycles. The minimum Gasteiger partial charge on any atom is -0.297 e. The van der Waals surface area contributed by atoms with Crippen molar-refractivity contribution in [3.05, 3.63) is 30.1 Å². The summed E-state index contributed by atoms with van der Waals surface area (Å²) in [5, 5.41) is 0. The van der Waals surface area contributed by atoms with Crippen LogP contribution in [0.25, 0.3) is 0 Å². The standard InChI is InChI=1S/C12H18N2/c1-11(12-5-7-13-8-6-12)14-9-3-2-4-10-14/h5-8,11H,2-4,9-10H2,1H3/t11-/m0/s1. The molecule has 0 spiro atoms. The first-order valence-electron chi connectivity index (χ1n) is 5.52. The van der Waals surface area contributed by atoms with Gasteiger partial charge in [-0.05, 0) is 50.6 Å². The Bertz CT molecular complexity index is 265. The molecule has 0 radical (unpaired) electrons. The summed E-state index contributed by atoms with van der Waals surface area (Å²) in [6, 6.07) is 4.80. The fourth-order valence-electron chi connectivity index (χ4n) is 2.16. The van der Waals surface area contributed by atoms with Crippen LogP contribution in [-0.2, 0) is 0 Å². The van der Waals surface area contributed by atoms with E-state index < -0.39 is 0 Å². The molecule has 0 unspecified atom stereocenters. The Balaban J connectivity index is 2.03. The molecule has 14 heavy (non-hydrogen) atoms. The van der Waals surface area contributed by atoms with E-state index in [1.165, 1.54) is 37.9 Å². The summed E-state index contributed by atoms with van der Waals surface area (Å²) in [5.74, 6) is 0. The maximum Gasteiger partial charge on any atom is 0.0320 e. The van der Waals surface area contributed by atoms with E-state index in [-0.39, 0.29) is 0 Å². The van der Waals surface area contributed by atoms with Gasteiger partial charge < -0.3 is 0 Å². The summed E-state index contributed by atoms with van der Waals surface area (Å²) < 4.78 is 0. The van der Waals surface area contributed by atoms with Crippen LogP contribution in [0.2, 0.25) is 0 Å². The van der Waals surface area contributed by atoms with E-state index in [9.17, 15) is 0 Å². The van der Waals surface area contributed by atoms with Crippen molar-refractivity contribution in [1.82, 2.24) is 9.88 Å². The normalized spacial score (nSPS) is 20.6. The lowest BCUT2D eigenvalue weighted by molar-refractivity contribution is 0.175. The highest BCUT2D eigenvalue weighted by atomic mass is 15.2. The smallest absolute Gasteiger partial charge is 0.0320 e. The number of aromatic nitrogens is 1. The third-order valence-electron chi connectivity index (χ3n) is 3.13. The molecule has 0 aromatic carbocycles. The molecule has 2 nitrogen and oxygen atoms in total. The van der Waals surface area contributed by atoms with Gasteiger partial charge in [0.25, 0.3) is 0 Å². The second-order valence-corrected chi connectivity index (χ2v) is 4.05. The Morgan fingerprint density at radius 2 is 1.79 bits per heavy atom. The number of rotatable bonds is 2. The average Bonchev–Trinajstić information content (AvgIpc) is 2.30. The van der Waals surface area contributed by atoms with Gasteiger partial charge in [0, 0.05) is 18.4 Å². The minimum absolute atomic E-state index is 0.554. The van der Waals surface area contributed by atoms with E-state index in [0.717, 1.165) is 0 Å². The Kier molecular flexibility index (Phi) is 3.14. The third-order valence-corrected chi connectivity index (χ3v) is 3.13. The molecule has 1 fully saturated rings. The molecule has 0 N–H and O–H groups in total. The summed E-state index contributed by atoms with van der Waals surface area (Å²) >= 11 is 0. The van der Waals surface area contributed by atoms with Crippen LogP contribution in [-0.4, -0.2) is 23.0 Å². The largest absolute Gasteiger partial charge is 0.297 e. The SMILES string of the molecule is C[C@@H](c1ccncc1)N1CCCCC1. The van der Waals surface area contributed by atoms with E-state index in [4.69, 9.17) is 0 Å². The summed E-state index contributed by atoms with van der Waals surface area (Å²) in [7, 11) is 0. The number of piperidine rings is 1. The molecule has 0 aliphatic carbocycles. The van der Waals surface area contributed by atoms with Gasteiger partial charge in [-0.15, -0.1) is 0 Å². The van der Waals surface area contributed by atoms with E-state index in [0.29, 0.717) is 6.04 Å². The van der Waals surface area contributed by atoms with Gasteiger partial charge in [-0.1, -0.05) is 6.42 Å². The van der Waals surface area contributed by atoms with Crippen LogP contribution in [0.1, 0.15) is 37.8 Å². The second-order valence-electron chi connectivity index (χ2n) is 4.05. The molecule has 1 aliphatic rings. The van der Waals surface area contributed by atoms with Crippen LogP contribution >= 0.6 is 0 Å². The van der Waals surface area contributed by atoms with Crippen LogP contribution in [0.3, 0.4) is 0 Å². The summed E-state index contributed by atoms with van der Waals surface area (Å²) in [5.41, 5.74) is 1.39. The first-order valence-corrected chi connectivity index (χ1v) is 5.52. The first-order chi connectivity index (χ1) is 6.88. The molecule has 2 heteroatoms. The highest BCUT2D eigenvalue weighted by Crippen LogP contribution is 2.23. The number of hydrogen-bond acceptors (Lipinski definition) is 2. The molecule has 0 amide bonds. The molecule has 76 valence electrons. The van der Waals surface area contributed by atoms with Crippen LogP contribution < -0.4 is 0 Å². The Morgan fingerprint density at radius 3 is 2.43 bits per heavy atom. The van der Waals surface area contributed by atoms with E-state index in [1.54, 1.807) is 0 Å². The van der Waals surface area contributed by atoms with E-state index in [1.807, 2.05) is 12.4 Å². The lowest BCUT2D eigenvalue weighted by Gasteiger charge is -2.32. The van der Waals surface area contributed by atoms with Crippen LogP contribution in [0.5, 0.6) is 0 Å². The molecule has 1 aromatic heterocycles. The van der Waals surface area contributed by atoms with Gasteiger partial charge in [0.1, 0.15) is 0 Å². The lowest BCUT2D eigenvalue weighted by Crippen LogP contribution is -2.32. The van der Waals surface area contributed by atoms with Crippen molar-refractivity contribution < 1.29 is 0 Å². The van der Waals surface area contributed by atoms with Crippen molar-refractivity contribution in [1.29, 1.82) is 0 Å². The predicted molar refractivity (Wildman–Crippen MR) is 58.1 cm³/mol. The number of hydrogen-bond donors (Lipinski definition) is 0. The van der Waals surface area contributed by atoms with Gasteiger partial charge in [0.05, 0.1) is 0 Å². The zero-order valence-electron chi connectivity index (χ0n) is 8.82. The second kappa shape index (κ2) is 4.56. The van der Waals surface area contributed by atoms with Gasteiger partial charge in [0.15, 0.2) is 0 Å². The number of nitrogens with zero attached hydrogens (tertiary/aromatic N) is 2. The first kappa shape index (κ1) is 9.66. The van der Waals surface area contributed by atoms with Crippen LogP contribution in [0.4, 0.5) is 0 Å². The van der Waals surface area contributed by atoms with Gasteiger partial charge in [-0.3, -0.25) is 9.88 Å². The van der Waals surface area contributed by atoms with E-state index >= 15 is 0 Å². The molecule has 1 saturated heterocycles. The zero-order valence-corrected chi connectivity index (χ0v) is 8.82. The molecule has 0 bridgehead atoms. The van der Waals surface area contributed by atoms with Crippen molar-refractivity contribution in [2.45, 2.75) is 32.2 Å². The molecular weight excluding hydrogens is 172 g/mol. The molecule has 2 rings (SSSR count). The van der Waals surface area contributed by atoms with E-state index in [2.05, 4.69) is 28.9 Å². The zero-order chi connectivity index (χ0) is 9.80. The lowest BCUT2D eigenvalue weighted by atomic mass is 10.0. The van der Waals surface area contributed by atoms with Crippen LogP contribution in [0, 0.1) is 0 Å². The van der Waals surface area contributed by atoms with Gasteiger partial charge in [-0.25, -0.2) is 0 Å². The predicted octanol–water partition coefficient (Wildman–Crippen LogP) is 2.63. The topological polar surface area (TPSA) is 16.1 Å². The highest BCUT2D eigenvalue weighted by Gasteiger charge is 2.17. The number of pyridine rings is 1. The Morgan fingerprint density at radius 1 is 1.14 bits per heavy atom. The Hall–Kier alpha value is -0.890. The van der Waals surface area contributed by atoms with Crippen molar-refractivity contribution >= 4 is 0 Å². The fraction of sp³-hybridized carbons (Fsp3) is 0.583. The van der Waals surface area contributed by atoms with Gasteiger partial charge in [0.2, 0.25) is 0 Å².